The Morgan fingerprint density at radius 3 is 2.60 bits per heavy atom. The number of hydrogen-bond donors (Lipinski definition) is 1. The number of carboxylic acids is 1. The maximum Gasteiger partial charge on any atom is 0.338 e. The highest BCUT2D eigenvalue weighted by molar-refractivity contribution is 5.88. The van der Waals surface area contributed by atoms with Gasteiger partial charge in [-0.1, -0.05) is 6.07 Å². The predicted octanol–water partition coefficient (Wildman–Crippen LogP) is 4.59. The van der Waals surface area contributed by atoms with Crippen LogP contribution in [-0.4, -0.2) is 42.3 Å². The molecule has 1 atom stereocenters. The van der Waals surface area contributed by atoms with Crippen LogP contribution in [0.4, 0.5) is 8.78 Å². The summed E-state index contributed by atoms with van der Waals surface area (Å²) in [5.74, 6) is -1.52. The lowest BCUT2D eigenvalue weighted by atomic mass is 10.0. The summed E-state index contributed by atoms with van der Waals surface area (Å²) in [4.78, 5) is 13.5. The molecule has 5 nitrogen and oxygen atoms in total. The Hall–Kier alpha value is -2.67. The van der Waals surface area contributed by atoms with E-state index in [1.165, 1.54) is 25.3 Å². The van der Waals surface area contributed by atoms with Crippen LogP contribution in [-0.2, 0) is 6.54 Å². The summed E-state index contributed by atoms with van der Waals surface area (Å²) in [7, 11) is 1.44. The van der Waals surface area contributed by atoms with E-state index in [0.29, 0.717) is 18.8 Å². The van der Waals surface area contributed by atoms with E-state index in [2.05, 4.69) is 4.90 Å². The number of benzene rings is 2. The number of piperidine rings is 1. The molecule has 0 unspecified atom stereocenters. The summed E-state index contributed by atoms with van der Waals surface area (Å²) in [6, 6.07) is 7.59. The number of ether oxygens (including phenoxy) is 2. The van der Waals surface area contributed by atoms with Crippen LogP contribution in [0.1, 0.15) is 53.1 Å². The monoisotopic (exact) mass is 417 g/mol. The normalized spacial score (nSPS) is 19.5. The van der Waals surface area contributed by atoms with Crippen molar-refractivity contribution >= 4 is 5.97 Å². The summed E-state index contributed by atoms with van der Waals surface area (Å²) in [6.45, 7) is 2.10. The van der Waals surface area contributed by atoms with E-state index < -0.39 is 11.8 Å². The highest BCUT2D eigenvalue weighted by Crippen LogP contribution is 2.45. The summed E-state index contributed by atoms with van der Waals surface area (Å²) in [6.07, 6.45) is 3.54. The van der Waals surface area contributed by atoms with Crippen LogP contribution in [0.5, 0.6) is 11.5 Å². The van der Waals surface area contributed by atoms with Gasteiger partial charge in [0.05, 0.1) is 12.7 Å². The van der Waals surface area contributed by atoms with Crippen LogP contribution in [0, 0.1) is 11.6 Å². The topological polar surface area (TPSA) is 59.0 Å². The fourth-order valence-corrected chi connectivity index (χ4v) is 4.05. The molecule has 2 fully saturated rings. The zero-order chi connectivity index (χ0) is 21.3. The lowest BCUT2D eigenvalue weighted by Crippen LogP contribution is -2.40. The van der Waals surface area contributed by atoms with Crippen molar-refractivity contribution in [2.24, 2.45) is 0 Å². The molecule has 0 amide bonds. The Kier molecular flexibility index (Phi) is 5.90. The molecule has 1 saturated carbocycles. The molecule has 1 saturated heterocycles. The maximum atomic E-state index is 14.3. The quantitative estimate of drug-likeness (QED) is 0.714. The molecular formula is C23H25F2NO4. The Morgan fingerprint density at radius 1 is 1.13 bits per heavy atom. The summed E-state index contributed by atoms with van der Waals surface area (Å²) < 4.78 is 39.4. The second kappa shape index (κ2) is 8.60. The Morgan fingerprint density at radius 2 is 1.93 bits per heavy atom. The summed E-state index contributed by atoms with van der Waals surface area (Å²) in [5.41, 5.74) is 1.32. The number of nitrogens with zero attached hydrogens (tertiary/aromatic N) is 1. The van der Waals surface area contributed by atoms with Gasteiger partial charge in [0.2, 0.25) is 0 Å². The highest BCUT2D eigenvalue weighted by Gasteiger charge is 2.31. The van der Waals surface area contributed by atoms with E-state index in [4.69, 9.17) is 9.47 Å². The molecule has 0 spiro atoms. The first-order chi connectivity index (χ1) is 14.4. The minimum atomic E-state index is -1.27. The number of carbonyl (C=O) groups is 1. The van der Waals surface area contributed by atoms with E-state index in [9.17, 15) is 18.7 Å². The number of aromatic carboxylic acids is 1. The minimum absolute atomic E-state index is 0.130. The number of rotatable bonds is 7. The van der Waals surface area contributed by atoms with Gasteiger partial charge >= 0.3 is 5.97 Å². The van der Waals surface area contributed by atoms with E-state index in [1.807, 2.05) is 6.07 Å². The molecule has 2 aromatic carbocycles. The van der Waals surface area contributed by atoms with Gasteiger partial charge in [0, 0.05) is 19.2 Å². The molecule has 2 aromatic rings. The standard InChI is InChI=1S/C23H25F2NO4/c1-29-21-7-4-14(9-20(21)25)12-26-8-2-3-16(13-26)30-22-11-19(24)18(23(27)28)10-17(22)15-5-6-15/h4,7,9-11,15-16H,2-3,5-6,8,12-13H2,1H3,(H,27,28)/t16-/m1/s1. The minimum Gasteiger partial charge on any atom is -0.494 e. The van der Waals surface area contributed by atoms with Gasteiger partial charge in [-0.2, -0.15) is 0 Å². The van der Waals surface area contributed by atoms with Gasteiger partial charge in [-0.05, 0) is 67.5 Å². The van der Waals surface area contributed by atoms with Crippen LogP contribution in [0.15, 0.2) is 30.3 Å². The van der Waals surface area contributed by atoms with Crippen molar-refractivity contribution in [1.29, 1.82) is 0 Å². The molecule has 160 valence electrons. The maximum absolute atomic E-state index is 14.3. The fourth-order valence-electron chi connectivity index (χ4n) is 4.05. The first kappa shape index (κ1) is 20.6. The SMILES string of the molecule is COc1ccc(CN2CCC[C@@H](Oc3cc(F)c(C(=O)O)cc3C3CC3)C2)cc1F. The Balaban J connectivity index is 1.46. The van der Waals surface area contributed by atoms with Crippen molar-refractivity contribution in [2.45, 2.75) is 44.2 Å². The molecular weight excluding hydrogens is 392 g/mol. The molecule has 1 aliphatic heterocycles. The first-order valence-corrected chi connectivity index (χ1v) is 10.2. The number of carboxylic acid groups (broad SMARTS) is 1. The number of halogens is 2. The molecule has 2 aliphatic rings. The second-order valence-corrected chi connectivity index (χ2v) is 8.04. The van der Waals surface area contributed by atoms with Crippen LogP contribution >= 0.6 is 0 Å². The third kappa shape index (κ3) is 4.56. The van der Waals surface area contributed by atoms with Crippen molar-refractivity contribution < 1.29 is 28.2 Å². The average Bonchev–Trinajstić information content (AvgIpc) is 3.53. The zero-order valence-corrected chi connectivity index (χ0v) is 16.9. The fraction of sp³-hybridized carbons (Fsp3) is 0.435. The van der Waals surface area contributed by atoms with Crippen molar-refractivity contribution in [2.75, 3.05) is 20.2 Å². The number of methoxy groups -OCH3 is 1. The lowest BCUT2D eigenvalue weighted by Gasteiger charge is -2.33. The smallest absolute Gasteiger partial charge is 0.338 e. The van der Waals surface area contributed by atoms with Crippen LogP contribution < -0.4 is 9.47 Å². The van der Waals surface area contributed by atoms with Crippen molar-refractivity contribution in [3.8, 4) is 11.5 Å². The second-order valence-electron chi connectivity index (χ2n) is 8.04. The van der Waals surface area contributed by atoms with Gasteiger partial charge in [0.25, 0.3) is 0 Å². The summed E-state index contributed by atoms with van der Waals surface area (Å²) in [5, 5.41) is 9.21. The van der Waals surface area contributed by atoms with E-state index in [1.54, 1.807) is 6.07 Å². The van der Waals surface area contributed by atoms with Crippen LogP contribution in [0.25, 0.3) is 0 Å². The van der Waals surface area contributed by atoms with Crippen molar-refractivity contribution in [1.82, 2.24) is 4.90 Å². The third-order valence-electron chi connectivity index (χ3n) is 5.73. The molecule has 1 N–H and O–H groups in total. The van der Waals surface area contributed by atoms with Crippen molar-refractivity contribution in [3.05, 3.63) is 58.7 Å². The molecule has 4 rings (SSSR count). The largest absolute Gasteiger partial charge is 0.494 e. The van der Waals surface area contributed by atoms with Crippen molar-refractivity contribution in [3.63, 3.8) is 0 Å². The first-order valence-electron chi connectivity index (χ1n) is 10.2. The molecule has 0 bridgehead atoms. The van der Waals surface area contributed by atoms with Gasteiger partial charge in [-0.15, -0.1) is 0 Å². The Labute approximate surface area is 174 Å². The highest BCUT2D eigenvalue weighted by atomic mass is 19.1. The molecule has 7 heteroatoms. The van der Waals surface area contributed by atoms with Gasteiger partial charge in [0.1, 0.15) is 17.7 Å². The third-order valence-corrected chi connectivity index (χ3v) is 5.73. The van der Waals surface area contributed by atoms with Gasteiger partial charge in [-0.3, -0.25) is 4.90 Å². The molecule has 1 aliphatic carbocycles. The van der Waals surface area contributed by atoms with Gasteiger partial charge in [-0.25, -0.2) is 13.6 Å². The molecule has 0 aromatic heterocycles. The van der Waals surface area contributed by atoms with Gasteiger partial charge < -0.3 is 14.6 Å². The van der Waals surface area contributed by atoms with Crippen LogP contribution in [0.2, 0.25) is 0 Å². The molecule has 0 radical (unpaired) electrons. The Bertz CT molecular complexity index is 945. The summed E-state index contributed by atoms with van der Waals surface area (Å²) >= 11 is 0. The predicted molar refractivity (Wildman–Crippen MR) is 107 cm³/mol. The zero-order valence-electron chi connectivity index (χ0n) is 16.9. The van der Waals surface area contributed by atoms with E-state index in [-0.39, 0.29) is 29.2 Å². The lowest BCUT2D eigenvalue weighted by molar-refractivity contribution is 0.0690. The molecule has 1 heterocycles. The van der Waals surface area contributed by atoms with E-state index >= 15 is 0 Å². The average molecular weight is 417 g/mol. The number of hydrogen-bond acceptors (Lipinski definition) is 4. The molecule has 30 heavy (non-hydrogen) atoms. The van der Waals surface area contributed by atoms with Gasteiger partial charge in [0.15, 0.2) is 11.6 Å². The number of likely N-dealkylation sites (tertiary alicyclic amines) is 1. The van der Waals surface area contributed by atoms with Crippen LogP contribution in [0.3, 0.4) is 0 Å². The van der Waals surface area contributed by atoms with E-state index in [0.717, 1.165) is 43.4 Å².